The van der Waals surface area contributed by atoms with E-state index in [1.807, 2.05) is 0 Å². The lowest BCUT2D eigenvalue weighted by Crippen LogP contribution is -2.64. The Bertz CT molecular complexity index is 812. The Kier molecular flexibility index (Phi) is 6.88. The summed E-state index contributed by atoms with van der Waals surface area (Å²) in [5.41, 5.74) is 5.96. The fraction of sp³-hybridized carbons (Fsp3) is 0.500. The summed E-state index contributed by atoms with van der Waals surface area (Å²) in [5, 5.41) is 5.44. The number of carbonyl (C=O) groups excluding carboxylic acids is 4. The van der Waals surface area contributed by atoms with Crippen molar-refractivity contribution in [3.8, 4) is 5.75 Å². The van der Waals surface area contributed by atoms with Crippen molar-refractivity contribution in [3.05, 3.63) is 29.8 Å². The van der Waals surface area contributed by atoms with Gasteiger partial charge in [0.1, 0.15) is 17.8 Å². The van der Waals surface area contributed by atoms with E-state index >= 15 is 0 Å². The molecule has 10 heteroatoms. The van der Waals surface area contributed by atoms with Crippen LogP contribution in [-0.4, -0.2) is 85.3 Å². The molecule has 4 N–H and O–H groups in total. The first kappa shape index (κ1) is 21.6. The second-order valence-electron chi connectivity index (χ2n) is 7.28. The second-order valence-corrected chi connectivity index (χ2v) is 7.28. The monoisotopic (exact) mass is 417 g/mol. The van der Waals surface area contributed by atoms with Crippen LogP contribution in [0.2, 0.25) is 0 Å². The maximum atomic E-state index is 13.0. The summed E-state index contributed by atoms with van der Waals surface area (Å²) in [6, 6.07) is 5.13. The Balaban J connectivity index is 1.74. The molecular weight excluding hydrogens is 390 g/mol. The molecule has 2 fully saturated rings. The van der Waals surface area contributed by atoms with Gasteiger partial charge < -0.3 is 30.9 Å². The molecule has 0 aromatic heterocycles. The minimum Gasteiger partial charge on any atom is -0.497 e. The number of ether oxygens (including phenoxy) is 1. The zero-order valence-corrected chi connectivity index (χ0v) is 16.9. The number of piperidine rings is 1. The van der Waals surface area contributed by atoms with Gasteiger partial charge in [0.2, 0.25) is 17.7 Å². The smallest absolute Gasteiger partial charge is 0.254 e. The van der Waals surface area contributed by atoms with Gasteiger partial charge in [-0.2, -0.15) is 0 Å². The number of nitrogens with zero attached hydrogens (tertiary/aromatic N) is 2. The van der Waals surface area contributed by atoms with Crippen LogP contribution in [0.4, 0.5) is 0 Å². The van der Waals surface area contributed by atoms with Gasteiger partial charge in [0, 0.05) is 25.2 Å². The van der Waals surface area contributed by atoms with Gasteiger partial charge in [-0.05, 0) is 37.1 Å². The van der Waals surface area contributed by atoms with Gasteiger partial charge in [-0.3, -0.25) is 19.2 Å². The van der Waals surface area contributed by atoms with Gasteiger partial charge in [0.15, 0.2) is 0 Å². The standard InChI is InChI=1S/C20H27N5O5/c1-30-14-6-4-13(5-7-14)20(29)24-9-10-25(17(26)11-21)16(12-24)19(28)23-15-3-2-8-22-18(15)27/h4-7,15-16H,2-3,8-12,21H2,1H3,(H,22,27)(H,23,28)/t15-,16-/m1/s1. The maximum Gasteiger partial charge on any atom is 0.254 e. The quantitative estimate of drug-likeness (QED) is 0.545. The Labute approximate surface area is 174 Å². The van der Waals surface area contributed by atoms with Gasteiger partial charge in [0.05, 0.1) is 20.2 Å². The molecule has 4 amide bonds. The van der Waals surface area contributed by atoms with Crippen molar-refractivity contribution in [1.29, 1.82) is 0 Å². The van der Waals surface area contributed by atoms with Crippen molar-refractivity contribution >= 4 is 23.6 Å². The lowest BCUT2D eigenvalue weighted by molar-refractivity contribution is -0.143. The minimum absolute atomic E-state index is 0.0246. The van der Waals surface area contributed by atoms with E-state index in [1.165, 1.54) is 9.80 Å². The predicted octanol–water partition coefficient (Wildman–Crippen LogP) is -1.30. The number of nitrogens with two attached hydrogens (primary N) is 1. The molecule has 2 atom stereocenters. The highest BCUT2D eigenvalue weighted by atomic mass is 16.5. The van der Waals surface area contributed by atoms with Crippen molar-refractivity contribution in [2.45, 2.75) is 24.9 Å². The summed E-state index contributed by atoms with van der Waals surface area (Å²) >= 11 is 0. The Morgan fingerprint density at radius 1 is 1.23 bits per heavy atom. The molecule has 2 saturated heterocycles. The first-order valence-electron chi connectivity index (χ1n) is 9.95. The van der Waals surface area contributed by atoms with Crippen LogP contribution in [-0.2, 0) is 14.4 Å². The third-order valence-electron chi connectivity index (χ3n) is 5.40. The van der Waals surface area contributed by atoms with Crippen molar-refractivity contribution in [2.24, 2.45) is 5.73 Å². The van der Waals surface area contributed by atoms with Crippen molar-refractivity contribution in [2.75, 3.05) is 39.8 Å². The molecule has 0 saturated carbocycles. The first-order chi connectivity index (χ1) is 14.4. The molecule has 162 valence electrons. The summed E-state index contributed by atoms with van der Waals surface area (Å²) in [4.78, 5) is 53.1. The molecule has 2 heterocycles. The summed E-state index contributed by atoms with van der Waals surface area (Å²) in [7, 11) is 1.54. The van der Waals surface area contributed by atoms with Crippen molar-refractivity contribution in [1.82, 2.24) is 20.4 Å². The zero-order valence-electron chi connectivity index (χ0n) is 16.9. The molecule has 0 radical (unpaired) electrons. The third-order valence-corrected chi connectivity index (χ3v) is 5.40. The molecule has 1 aromatic carbocycles. The fourth-order valence-corrected chi connectivity index (χ4v) is 3.70. The number of nitrogens with one attached hydrogen (secondary N) is 2. The van der Waals surface area contributed by atoms with Crippen LogP contribution < -0.4 is 21.1 Å². The second kappa shape index (κ2) is 9.57. The highest BCUT2D eigenvalue weighted by molar-refractivity contribution is 5.96. The first-order valence-corrected chi connectivity index (χ1v) is 9.95. The molecule has 0 spiro atoms. The number of carbonyl (C=O) groups is 4. The molecule has 0 unspecified atom stereocenters. The molecule has 10 nitrogen and oxygen atoms in total. The number of amides is 4. The van der Waals surface area contributed by atoms with E-state index in [9.17, 15) is 19.2 Å². The van der Waals surface area contributed by atoms with E-state index in [0.717, 1.165) is 6.42 Å². The topological polar surface area (TPSA) is 134 Å². The van der Waals surface area contributed by atoms with Crippen LogP contribution in [0.15, 0.2) is 24.3 Å². The number of methoxy groups -OCH3 is 1. The Morgan fingerprint density at radius 2 is 1.97 bits per heavy atom. The van der Waals surface area contributed by atoms with E-state index in [-0.39, 0.29) is 43.9 Å². The lowest BCUT2D eigenvalue weighted by atomic mass is 10.0. The lowest BCUT2D eigenvalue weighted by Gasteiger charge is -2.41. The average Bonchev–Trinajstić information content (AvgIpc) is 2.79. The van der Waals surface area contributed by atoms with E-state index in [1.54, 1.807) is 31.4 Å². The van der Waals surface area contributed by atoms with Gasteiger partial charge in [-0.15, -0.1) is 0 Å². The highest BCUT2D eigenvalue weighted by Crippen LogP contribution is 2.17. The van der Waals surface area contributed by atoms with Crippen molar-refractivity contribution in [3.63, 3.8) is 0 Å². The Morgan fingerprint density at radius 3 is 2.60 bits per heavy atom. The summed E-state index contributed by atoms with van der Waals surface area (Å²) in [6.45, 7) is 0.838. The molecule has 2 aliphatic rings. The SMILES string of the molecule is COc1ccc(C(=O)N2CCN(C(=O)CN)[C@@H](C(=O)N[C@@H]3CCCNC3=O)C2)cc1. The average molecular weight is 417 g/mol. The third kappa shape index (κ3) is 4.70. The molecular formula is C20H27N5O5. The van der Waals surface area contributed by atoms with E-state index < -0.39 is 18.0 Å². The van der Waals surface area contributed by atoms with Crippen LogP contribution in [0.5, 0.6) is 5.75 Å². The van der Waals surface area contributed by atoms with Crippen LogP contribution in [0.1, 0.15) is 23.2 Å². The zero-order chi connectivity index (χ0) is 21.7. The maximum absolute atomic E-state index is 13.0. The summed E-state index contributed by atoms with van der Waals surface area (Å²) in [6.07, 6.45) is 1.29. The molecule has 3 rings (SSSR count). The highest BCUT2D eigenvalue weighted by Gasteiger charge is 2.38. The Hall–Kier alpha value is -3.14. The predicted molar refractivity (Wildman–Crippen MR) is 108 cm³/mol. The molecule has 0 aliphatic carbocycles. The largest absolute Gasteiger partial charge is 0.497 e. The normalized spacial score (nSPS) is 21.6. The number of hydrogen-bond donors (Lipinski definition) is 3. The number of hydrogen-bond acceptors (Lipinski definition) is 6. The number of benzene rings is 1. The van der Waals surface area contributed by atoms with Crippen LogP contribution >= 0.6 is 0 Å². The van der Waals surface area contributed by atoms with Gasteiger partial charge >= 0.3 is 0 Å². The minimum atomic E-state index is -0.910. The molecule has 0 bridgehead atoms. The summed E-state index contributed by atoms with van der Waals surface area (Å²) < 4.78 is 5.11. The molecule has 30 heavy (non-hydrogen) atoms. The number of piperazine rings is 1. The molecule has 1 aromatic rings. The van der Waals surface area contributed by atoms with Crippen LogP contribution in [0, 0.1) is 0 Å². The van der Waals surface area contributed by atoms with Crippen LogP contribution in [0.3, 0.4) is 0 Å². The fourth-order valence-electron chi connectivity index (χ4n) is 3.70. The van der Waals surface area contributed by atoms with Crippen LogP contribution in [0.25, 0.3) is 0 Å². The van der Waals surface area contributed by atoms with Crippen molar-refractivity contribution < 1.29 is 23.9 Å². The molecule has 2 aliphatic heterocycles. The van der Waals surface area contributed by atoms with E-state index in [2.05, 4.69) is 10.6 Å². The van der Waals surface area contributed by atoms with Gasteiger partial charge in [-0.1, -0.05) is 0 Å². The van der Waals surface area contributed by atoms with Gasteiger partial charge in [0.25, 0.3) is 5.91 Å². The number of rotatable bonds is 5. The van der Waals surface area contributed by atoms with Gasteiger partial charge in [-0.25, -0.2) is 0 Å². The van der Waals surface area contributed by atoms with E-state index in [4.69, 9.17) is 10.5 Å². The summed E-state index contributed by atoms with van der Waals surface area (Å²) in [5.74, 6) is -0.696. The van der Waals surface area contributed by atoms with E-state index in [0.29, 0.717) is 24.3 Å².